The van der Waals surface area contributed by atoms with Crippen molar-refractivity contribution in [2.45, 2.75) is 37.5 Å². The van der Waals surface area contributed by atoms with E-state index < -0.39 is 0 Å². The van der Waals surface area contributed by atoms with Crippen LogP contribution in [-0.4, -0.2) is 15.0 Å². The van der Waals surface area contributed by atoms with E-state index in [1.165, 1.54) is 71.0 Å². The Bertz CT molecular complexity index is 3280. The lowest BCUT2D eigenvalue weighted by Gasteiger charge is -2.36. The Morgan fingerprint density at radius 3 is 1.67 bits per heavy atom. The molecule has 0 saturated heterocycles. The zero-order chi connectivity index (χ0) is 40.3. The molecule has 0 radical (unpaired) electrons. The smallest absolute Gasteiger partial charge is 0.164 e. The van der Waals surface area contributed by atoms with Crippen molar-refractivity contribution in [1.82, 2.24) is 15.0 Å². The average molecular weight is 784 g/mol. The number of fused-ring (bicyclic) bond motifs is 8. The zero-order valence-electron chi connectivity index (χ0n) is 33.7. The second-order valence-electron chi connectivity index (χ2n) is 16.6. The highest BCUT2D eigenvalue weighted by Gasteiger charge is 2.44. The van der Waals surface area contributed by atoms with Crippen LogP contribution in [0.4, 0.5) is 0 Å². The summed E-state index contributed by atoms with van der Waals surface area (Å²) in [5.41, 5.74) is 17.5. The molecule has 0 atom stereocenters. The number of furan rings is 1. The van der Waals surface area contributed by atoms with Gasteiger partial charge in [-0.05, 0) is 105 Å². The summed E-state index contributed by atoms with van der Waals surface area (Å²) in [7, 11) is 0. The number of rotatable bonds is 6. The first kappa shape index (κ1) is 35.5. The Morgan fingerprint density at radius 2 is 0.869 bits per heavy atom. The fraction of sp³-hybridized carbons (Fsp3) is 0.105. The highest BCUT2D eigenvalue weighted by atomic mass is 16.3. The monoisotopic (exact) mass is 783 g/mol. The van der Waals surface area contributed by atoms with Crippen LogP contribution in [0.25, 0.3) is 101 Å². The molecule has 0 N–H and O–H groups in total. The summed E-state index contributed by atoms with van der Waals surface area (Å²) in [6.45, 7) is 0. The van der Waals surface area contributed by atoms with Crippen LogP contribution in [0.15, 0.2) is 192 Å². The van der Waals surface area contributed by atoms with Gasteiger partial charge in [0.05, 0.1) is 0 Å². The summed E-state index contributed by atoms with van der Waals surface area (Å²) in [6.07, 6.45) is 6.34. The van der Waals surface area contributed by atoms with E-state index >= 15 is 0 Å². The molecule has 1 fully saturated rings. The van der Waals surface area contributed by atoms with Crippen LogP contribution in [-0.2, 0) is 5.41 Å². The predicted molar refractivity (Wildman–Crippen MR) is 249 cm³/mol. The molecule has 12 rings (SSSR count). The van der Waals surface area contributed by atoms with E-state index in [4.69, 9.17) is 19.4 Å². The van der Waals surface area contributed by atoms with Crippen molar-refractivity contribution >= 4 is 21.9 Å². The van der Waals surface area contributed by atoms with Crippen LogP contribution < -0.4 is 0 Å². The lowest BCUT2D eigenvalue weighted by molar-refractivity contribution is 0.353. The minimum absolute atomic E-state index is 0.121. The van der Waals surface area contributed by atoms with E-state index in [9.17, 15) is 0 Å². The average Bonchev–Trinajstić information content (AvgIpc) is 3.85. The van der Waals surface area contributed by atoms with E-state index in [0.717, 1.165) is 55.3 Å². The third-order valence-corrected chi connectivity index (χ3v) is 13.1. The maximum Gasteiger partial charge on any atom is 0.164 e. The van der Waals surface area contributed by atoms with Gasteiger partial charge in [-0.15, -0.1) is 0 Å². The number of hydrogen-bond acceptors (Lipinski definition) is 4. The van der Waals surface area contributed by atoms with Gasteiger partial charge in [-0.1, -0.05) is 171 Å². The van der Waals surface area contributed by atoms with Gasteiger partial charge in [0.2, 0.25) is 0 Å². The zero-order valence-corrected chi connectivity index (χ0v) is 33.7. The molecule has 0 bridgehead atoms. The Balaban J connectivity index is 0.959. The lowest BCUT2D eigenvalue weighted by atomic mass is 9.68. The van der Waals surface area contributed by atoms with Gasteiger partial charge < -0.3 is 4.42 Å². The van der Waals surface area contributed by atoms with Crippen LogP contribution >= 0.6 is 0 Å². The number of para-hydroxylation sites is 1. The molecular weight excluding hydrogens is 743 g/mol. The van der Waals surface area contributed by atoms with Gasteiger partial charge in [-0.25, -0.2) is 15.0 Å². The molecule has 290 valence electrons. The van der Waals surface area contributed by atoms with Crippen LogP contribution in [0.1, 0.15) is 43.2 Å². The molecule has 61 heavy (non-hydrogen) atoms. The van der Waals surface area contributed by atoms with Gasteiger partial charge in [0, 0.05) is 32.9 Å². The van der Waals surface area contributed by atoms with Crippen molar-refractivity contribution in [1.29, 1.82) is 0 Å². The molecule has 0 aliphatic heterocycles. The minimum Gasteiger partial charge on any atom is -0.456 e. The first-order chi connectivity index (χ1) is 30.2. The summed E-state index contributed by atoms with van der Waals surface area (Å²) < 4.78 is 6.18. The largest absolute Gasteiger partial charge is 0.456 e. The molecule has 1 spiro atoms. The van der Waals surface area contributed by atoms with Gasteiger partial charge >= 0.3 is 0 Å². The molecule has 0 amide bonds. The molecular formula is C57H41N3O. The lowest BCUT2D eigenvalue weighted by Crippen LogP contribution is -2.27. The van der Waals surface area contributed by atoms with E-state index in [2.05, 4.69) is 152 Å². The van der Waals surface area contributed by atoms with E-state index in [0.29, 0.717) is 17.5 Å². The molecule has 4 nitrogen and oxygen atoms in total. The van der Waals surface area contributed by atoms with Crippen LogP contribution in [0.2, 0.25) is 0 Å². The summed E-state index contributed by atoms with van der Waals surface area (Å²) in [5, 5.41) is 2.10. The molecule has 2 aliphatic carbocycles. The van der Waals surface area contributed by atoms with Crippen molar-refractivity contribution in [3.63, 3.8) is 0 Å². The highest BCUT2D eigenvalue weighted by molar-refractivity contribution is 6.06. The maximum absolute atomic E-state index is 6.18. The second kappa shape index (κ2) is 14.4. The summed E-state index contributed by atoms with van der Waals surface area (Å²) in [5.74, 6) is 1.86. The SMILES string of the molecule is c1ccc(-c2ccc(-c3nc(-c4cccc(-c5cccc(-c6cccc7c6-c6ccccc6C76CCCCC6)c5)c4)nc(-c4ccc5oc6ccccc6c5c4)n3)cc2)cc1. The first-order valence-corrected chi connectivity index (χ1v) is 21.5. The molecule has 2 heterocycles. The predicted octanol–water partition coefficient (Wildman–Crippen LogP) is 15.0. The van der Waals surface area contributed by atoms with Gasteiger partial charge in [0.25, 0.3) is 0 Å². The summed E-state index contributed by atoms with van der Waals surface area (Å²) >= 11 is 0. The Morgan fingerprint density at radius 1 is 0.344 bits per heavy atom. The van der Waals surface area contributed by atoms with Gasteiger partial charge in [0.15, 0.2) is 17.5 Å². The van der Waals surface area contributed by atoms with Crippen molar-refractivity contribution in [3.05, 3.63) is 199 Å². The van der Waals surface area contributed by atoms with Gasteiger partial charge in [0.1, 0.15) is 11.2 Å². The minimum atomic E-state index is 0.121. The van der Waals surface area contributed by atoms with Crippen LogP contribution in [0.3, 0.4) is 0 Å². The first-order valence-electron chi connectivity index (χ1n) is 21.5. The summed E-state index contributed by atoms with van der Waals surface area (Å²) in [4.78, 5) is 15.5. The van der Waals surface area contributed by atoms with E-state index in [1.807, 2.05) is 36.4 Å². The number of aromatic nitrogens is 3. The second-order valence-corrected chi connectivity index (χ2v) is 16.6. The van der Waals surface area contributed by atoms with Crippen molar-refractivity contribution in [2.24, 2.45) is 0 Å². The highest BCUT2D eigenvalue weighted by Crippen LogP contribution is 2.58. The molecule has 10 aromatic rings. The molecule has 1 saturated carbocycles. The van der Waals surface area contributed by atoms with Crippen molar-refractivity contribution in [2.75, 3.05) is 0 Å². The Kier molecular flexibility index (Phi) is 8.38. The molecule has 2 aromatic heterocycles. The number of hydrogen-bond donors (Lipinski definition) is 0. The number of benzene rings is 8. The van der Waals surface area contributed by atoms with Crippen LogP contribution in [0, 0.1) is 0 Å². The maximum atomic E-state index is 6.18. The third-order valence-electron chi connectivity index (χ3n) is 13.1. The topological polar surface area (TPSA) is 51.8 Å². The molecule has 0 unspecified atom stereocenters. The molecule has 4 heteroatoms. The molecule has 2 aliphatic rings. The van der Waals surface area contributed by atoms with E-state index in [-0.39, 0.29) is 5.41 Å². The fourth-order valence-electron chi connectivity index (χ4n) is 10.2. The Hall–Kier alpha value is -7.43. The standard InChI is InChI=1S/C57H41N3O/c1-3-14-37(15-4-1)38-26-28-39(29-27-38)54-58-55(60-56(59-54)44-30-31-52-48(36-44)46-20-6-8-25-51(46)61-52)43-19-12-17-41(35-43)40-16-11-18-42(34-40)45-22-13-24-50-53(45)47-21-5-7-23-49(47)57(50)32-9-2-10-33-57/h1,3-8,11-31,34-36H,2,9-10,32-33H2. The summed E-state index contributed by atoms with van der Waals surface area (Å²) in [6, 6.07) is 67.1. The van der Waals surface area contributed by atoms with Gasteiger partial charge in [-0.2, -0.15) is 0 Å². The normalized spacial score (nSPS) is 14.0. The fourth-order valence-corrected chi connectivity index (χ4v) is 10.2. The van der Waals surface area contributed by atoms with Crippen molar-refractivity contribution < 1.29 is 4.42 Å². The molecule has 8 aromatic carbocycles. The Labute approximate surface area is 355 Å². The van der Waals surface area contributed by atoms with Gasteiger partial charge in [-0.3, -0.25) is 0 Å². The number of nitrogens with zero attached hydrogens (tertiary/aromatic N) is 3. The quantitative estimate of drug-likeness (QED) is 0.169. The van der Waals surface area contributed by atoms with E-state index in [1.54, 1.807) is 0 Å². The van der Waals surface area contributed by atoms with Crippen LogP contribution in [0.5, 0.6) is 0 Å². The third kappa shape index (κ3) is 6.01. The van der Waals surface area contributed by atoms with Crippen molar-refractivity contribution in [3.8, 4) is 78.7 Å².